The highest BCUT2D eigenvalue weighted by molar-refractivity contribution is 7.89. The molecule has 20 heavy (non-hydrogen) atoms. The SMILES string of the molecule is CC(C)n1c(-c2ccc([N+](=O)[O-])o2)nnc1S(N)(=O)=O. The molecule has 2 rings (SSSR count). The fraction of sp³-hybridized carbons (Fsp3) is 0.333. The summed E-state index contributed by atoms with van der Waals surface area (Å²) in [7, 11) is -4.06. The van der Waals surface area contributed by atoms with Crippen molar-refractivity contribution in [2.75, 3.05) is 0 Å². The molecule has 0 radical (unpaired) electrons. The van der Waals surface area contributed by atoms with E-state index in [1.807, 2.05) is 0 Å². The Bertz CT molecular complexity index is 760. The lowest BCUT2D eigenvalue weighted by atomic mass is 10.3. The van der Waals surface area contributed by atoms with E-state index in [4.69, 9.17) is 9.56 Å². The Morgan fingerprint density at radius 2 is 2.05 bits per heavy atom. The van der Waals surface area contributed by atoms with E-state index >= 15 is 0 Å². The van der Waals surface area contributed by atoms with Crippen LogP contribution in [-0.2, 0) is 10.0 Å². The van der Waals surface area contributed by atoms with Gasteiger partial charge in [0.2, 0.25) is 5.82 Å². The largest absolute Gasteiger partial charge is 0.433 e. The Morgan fingerprint density at radius 3 is 2.50 bits per heavy atom. The zero-order chi connectivity index (χ0) is 15.1. The molecular formula is C9H11N5O5S. The van der Waals surface area contributed by atoms with Gasteiger partial charge in [0.1, 0.15) is 4.92 Å². The van der Waals surface area contributed by atoms with Gasteiger partial charge < -0.3 is 4.42 Å². The van der Waals surface area contributed by atoms with E-state index in [-0.39, 0.29) is 17.6 Å². The molecule has 10 nitrogen and oxygen atoms in total. The summed E-state index contributed by atoms with van der Waals surface area (Å²) in [4.78, 5) is 9.87. The van der Waals surface area contributed by atoms with Gasteiger partial charge in [0.15, 0.2) is 5.76 Å². The zero-order valence-electron chi connectivity index (χ0n) is 10.5. The lowest BCUT2D eigenvalue weighted by Crippen LogP contribution is -2.20. The molecule has 108 valence electrons. The predicted octanol–water partition coefficient (Wildman–Crippen LogP) is 0.675. The van der Waals surface area contributed by atoms with E-state index in [2.05, 4.69) is 10.2 Å². The first-order valence-electron chi connectivity index (χ1n) is 5.44. The highest BCUT2D eigenvalue weighted by atomic mass is 32.2. The van der Waals surface area contributed by atoms with E-state index < -0.39 is 26.0 Å². The summed E-state index contributed by atoms with van der Waals surface area (Å²) in [6.07, 6.45) is 0. The second-order valence-corrected chi connectivity index (χ2v) is 5.67. The summed E-state index contributed by atoms with van der Waals surface area (Å²) >= 11 is 0. The van der Waals surface area contributed by atoms with Gasteiger partial charge in [-0.05, 0) is 19.9 Å². The molecule has 0 aliphatic carbocycles. The van der Waals surface area contributed by atoms with Crippen molar-refractivity contribution in [3.8, 4) is 11.6 Å². The lowest BCUT2D eigenvalue weighted by Gasteiger charge is -2.11. The number of sulfonamides is 1. The van der Waals surface area contributed by atoms with Crippen LogP contribution in [0.3, 0.4) is 0 Å². The number of nitro groups is 1. The number of hydrogen-bond donors (Lipinski definition) is 1. The number of hydrogen-bond acceptors (Lipinski definition) is 7. The third-order valence-electron chi connectivity index (χ3n) is 2.43. The monoisotopic (exact) mass is 301 g/mol. The molecule has 0 aliphatic heterocycles. The third kappa shape index (κ3) is 2.40. The fourth-order valence-corrected chi connectivity index (χ4v) is 2.38. The first-order valence-corrected chi connectivity index (χ1v) is 6.98. The molecule has 2 N–H and O–H groups in total. The van der Waals surface area contributed by atoms with Gasteiger partial charge in [-0.25, -0.2) is 13.6 Å². The van der Waals surface area contributed by atoms with Crippen LogP contribution in [-0.4, -0.2) is 28.1 Å². The van der Waals surface area contributed by atoms with Crippen LogP contribution >= 0.6 is 0 Å². The third-order valence-corrected chi connectivity index (χ3v) is 3.21. The molecule has 2 heterocycles. The molecule has 0 amide bonds. The van der Waals surface area contributed by atoms with E-state index in [0.29, 0.717) is 0 Å². The lowest BCUT2D eigenvalue weighted by molar-refractivity contribution is -0.401. The van der Waals surface area contributed by atoms with Gasteiger partial charge in [0.05, 0.1) is 6.07 Å². The van der Waals surface area contributed by atoms with Crippen molar-refractivity contribution in [1.29, 1.82) is 0 Å². The number of furan rings is 1. The summed E-state index contributed by atoms with van der Waals surface area (Å²) in [5, 5.41) is 22.4. The summed E-state index contributed by atoms with van der Waals surface area (Å²) in [5.74, 6) is -0.389. The minimum Gasteiger partial charge on any atom is -0.397 e. The molecule has 2 aromatic rings. The van der Waals surface area contributed by atoms with Gasteiger partial charge in [-0.2, -0.15) is 0 Å². The van der Waals surface area contributed by atoms with Crippen molar-refractivity contribution < 1.29 is 17.8 Å². The number of primary sulfonamides is 1. The Morgan fingerprint density at radius 1 is 1.40 bits per heavy atom. The molecule has 0 saturated heterocycles. The highest BCUT2D eigenvalue weighted by Crippen LogP contribution is 2.28. The molecule has 11 heteroatoms. The van der Waals surface area contributed by atoms with Crippen LogP contribution in [0.2, 0.25) is 0 Å². The minimum absolute atomic E-state index is 0.0350. The van der Waals surface area contributed by atoms with Crippen molar-refractivity contribution in [3.05, 3.63) is 22.2 Å². The first kappa shape index (κ1) is 14.1. The Hall–Kier alpha value is -2.27. The first-order chi connectivity index (χ1) is 9.21. The van der Waals surface area contributed by atoms with Crippen molar-refractivity contribution >= 4 is 15.9 Å². The minimum atomic E-state index is -4.06. The molecule has 0 spiro atoms. The standard InChI is InChI=1S/C9H11N5O5S/c1-5(2)13-8(11-12-9(13)20(10,17)18)6-3-4-7(19-6)14(15)16/h3-5H,1-2H3,(H2,10,17,18). The molecule has 0 unspecified atom stereocenters. The number of nitrogens with two attached hydrogens (primary N) is 1. The molecule has 0 aromatic carbocycles. The zero-order valence-corrected chi connectivity index (χ0v) is 11.4. The molecule has 0 fully saturated rings. The summed E-state index contributed by atoms with van der Waals surface area (Å²) < 4.78 is 29.1. The van der Waals surface area contributed by atoms with E-state index in [1.54, 1.807) is 13.8 Å². The van der Waals surface area contributed by atoms with Crippen LogP contribution in [0.4, 0.5) is 5.88 Å². The number of rotatable bonds is 4. The molecule has 0 aliphatic rings. The average Bonchev–Trinajstić information content (AvgIpc) is 2.94. The van der Waals surface area contributed by atoms with Crippen molar-refractivity contribution in [2.45, 2.75) is 25.0 Å². The smallest absolute Gasteiger partial charge is 0.397 e. The van der Waals surface area contributed by atoms with Gasteiger partial charge in [-0.3, -0.25) is 14.7 Å². The average molecular weight is 301 g/mol. The maximum absolute atomic E-state index is 11.4. The second kappa shape index (κ2) is 4.68. The number of nitrogens with zero attached hydrogens (tertiary/aromatic N) is 4. The Labute approximate surface area is 113 Å². The molecule has 0 atom stereocenters. The fourth-order valence-electron chi connectivity index (χ4n) is 1.65. The van der Waals surface area contributed by atoms with Crippen LogP contribution in [0.1, 0.15) is 19.9 Å². The number of aromatic nitrogens is 3. The van der Waals surface area contributed by atoms with E-state index in [9.17, 15) is 18.5 Å². The van der Waals surface area contributed by atoms with Crippen LogP contribution < -0.4 is 5.14 Å². The summed E-state index contributed by atoms with van der Waals surface area (Å²) in [5.41, 5.74) is 0. The van der Waals surface area contributed by atoms with Crippen LogP contribution in [0.15, 0.2) is 21.7 Å². The summed E-state index contributed by atoms with van der Waals surface area (Å²) in [6.45, 7) is 3.39. The van der Waals surface area contributed by atoms with Gasteiger partial charge >= 0.3 is 5.88 Å². The maximum Gasteiger partial charge on any atom is 0.433 e. The van der Waals surface area contributed by atoms with Crippen LogP contribution in [0.5, 0.6) is 0 Å². The van der Waals surface area contributed by atoms with Crippen LogP contribution in [0, 0.1) is 10.1 Å². The molecule has 0 saturated carbocycles. The van der Waals surface area contributed by atoms with E-state index in [0.717, 1.165) is 6.07 Å². The predicted molar refractivity (Wildman–Crippen MR) is 66.1 cm³/mol. The Balaban J connectivity index is 2.62. The molecular weight excluding hydrogens is 290 g/mol. The van der Waals surface area contributed by atoms with E-state index in [1.165, 1.54) is 10.6 Å². The molecule has 2 aromatic heterocycles. The van der Waals surface area contributed by atoms with Crippen molar-refractivity contribution in [2.24, 2.45) is 5.14 Å². The van der Waals surface area contributed by atoms with Crippen molar-refractivity contribution in [3.63, 3.8) is 0 Å². The van der Waals surface area contributed by atoms with Gasteiger partial charge in [0.25, 0.3) is 15.2 Å². The molecule has 0 bridgehead atoms. The topological polar surface area (TPSA) is 147 Å². The van der Waals surface area contributed by atoms with Crippen LogP contribution in [0.25, 0.3) is 11.6 Å². The van der Waals surface area contributed by atoms with Gasteiger partial charge in [0, 0.05) is 6.04 Å². The van der Waals surface area contributed by atoms with Gasteiger partial charge in [-0.15, -0.1) is 10.2 Å². The summed E-state index contributed by atoms with van der Waals surface area (Å²) in [6, 6.07) is 2.12. The second-order valence-electron chi connectivity index (χ2n) is 4.21. The van der Waals surface area contributed by atoms with Gasteiger partial charge in [-0.1, -0.05) is 0 Å². The maximum atomic E-state index is 11.4. The highest BCUT2D eigenvalue weighted by Gasteiger charge is 2.26. The quantitative estimate of drug-likeness (QED) is 0.644. The van der Waals surface area contributed by atoms with Crippen molar-refractivity contribution in [1.82, 2.24) is 14.8 Å². The Kier molecular flexibility index (Phi) is 3.31. The normalized spacial score (nSPS) is 12.0.